The molecule has 0 atom stereocenters. The van der Waals surface area contributed by atoms with Crippen molar-refractivity contribution < 1.29 is 19.0 Å². The Kier molecular flexibility index (Phi) is 7.75. The second kappa shape index (κ2) is 10.3. The highest BCUT2D eigenvalue weighted by atomic mass is 16.5. The number of aromatic amines is 1. The predicted molar refractivity (Wildman–Crippen MR) is 103 cm³/mol. The molecule has 1 aromatic carbocycles. The topological polar surface area (TPSA) is 73.4 Å². The van der Waals surface area contributed by atoms with Gasteiger partial charge in [0.2, 0.25) is 0 Å². The molecule has 0 aliphatic heterocycles. The number of terminal acetylenes is 1. The quantitative estimate of drug-likeness (QED) is 0.393. The summed E-state index contributed by atoms with van der Waals surface area (Å²) in [5, 5.41) is 7.19. The Labute approximate surface area is 160 Å². The van der Waals surface area contributed by atoms with E-state index in [1.807, 2.05) is 13.8 Å². The molecule has 0 amide bonds. The summed E-state index contributed by atoms with van der Waals surface area (Å²) in [5.41, 5.74) is 3.72. The smallest absolute Gasteiger partial charge is 0.338 e. The Morgan fingerprint density at radius 3 is 2.37 bits per heavy atom. The van der Waals surface area contributed by atoms with Crippen molar-refractivity contribution in [2.45, 2.75) is 39.5 Å². The van der Waals surface area contributed by atoms with Gasteiger partial charge in [-0.1, -0.05) is 0 Å². The van der Waals surface area contributed by atoms with Gasteiger partial charge in [-0.25, -0.2) is 4.79 Å². The standard InChI is InChI=1S/C21H26N2O4/c1-5-6-7-10-26-18-12-17(21(24)25-4)13-19(14-18)27-11-8-9-20-15(2)22-23-16(20)3/h1,12-14H,6-11H2,2-4H3,(H,22,23). The van der Waals surface area contributed by atoms with Crippen molar-refractivity contribution in [2.75, 3.05) is 20.3 Å². The molecule has 0 unspecified atom stereocenters. The van der Waals surface area contributed by atoms with Crippen LogP contribution in [0.15, 0.2) is 18.2 Å². The second-order valence-corrected chi connectivity index (χ2v) is 6.21. The molecule has 0 saturated heterocycles. The average molecular weight is 370 g/mol. The maximum Gasteiger partial charge on any atom is 0.338 e. The van der Waals surface area contributed by atoms with Crippen LogP contribution in [0.4, 0.5) is 0 Å². The van der Waals surface area contributed by atoms with Crippen LogP contribution in [0.3, 0.4) is 0 Å². The maximum absolute atomic E-state index is 11.9. The molecule has 0 radical (unpaired) electrons. The molecule has 0 aliphatic carbocycles. The molecule has 0 fully saturated rings. The zero-order chi connectivity index (χ0) is 19.6. The number of nitrogens with zero attached hydrogens (tertiary/aromatic N) is 1. The molecule has 27 heavy (non-hydrogen) atoms. The van der Waals surface area contributed by atoms with E-state index in [1.54, 1.807) is 18.2 Å². The first kappa shape index (κ1) is 20.4. The number of aromatic nitrogens is 2. The van der Waals surface area contributed by atoms with Gasteiger partial charge in [0.05, 0.1) is 31.6 Å². The minimum Gasteiger partial charge on any atom is -0.493 e. The number of hydrogen-bond donors (Lipinski definition) is 1. The minimum absolute atomic E-state index is 0.392. The van der Waals surface area contributed by atoms with Gasteiger partial charge in [-0.05, 0) is 50.8 Å². The van der Waals surface area contributed by atoms with Crippen molar-refractivity contribution in [1.29, 1.82) is 0 Å². The Morgan fingerprint density at radius 1 is 1.15 bits per heavy atom. The second-order valence-electron chi connectivity index (χ2n) is 6.21. The third-order valence-corrected chi connectivity index (χ3v) is 4.16. The summed E-state index contributed by atoms with van der Waals surface area (Å²) in [4.78, 5) is 11.9. The van der Waals surface area contributed by atoms with Crippen LogP contribution in [-0.2, 0) is 11.2 Å². The van der Waals surface area contributed by atoms with Crippen LogP contribution in [0.2, 0.25) is 0 Å². The number of esters is 1. The third kappa shape index (κ3) is 6.07. The number of carbonyl (C=O) groups excluding carboxylic acids is 1. The summed E-state index contributed by atoms with van der Waals surface area (Å²) in [6.45, 7) is 5.00. The molecule has 1 N–H and O–H groups in total. The third-order valence-electron chi connectivity index (χ3n) is 4.16. The number of methoxy groups -OCH3 is 1. The van der Waals surface area contributed by atoms with Gasteiger partial charge in [0.25, 0.3) is 0 Å². The lowest BCUT2D eigenvalue weighted by Gasteiger charge is -2.12. The van der Waals surface area contributed by atoms with E-state index < -0.39 is 5.97 Å². The molecular formula is C21H26N2O4. The van der Waals surface area contributed by atoms with Crippen molar-refractivity contribution in [2.24, 2.45) is 0 Å². The zero-order valence-corrected chi connectivity index (χ0v) is 16.1. The number of unbranched alkanes of at least 4 members (excludes halogenated alkanes) is 1. The van der Waals surface area contributed by atoms with Gasteiger partial charge in [0.15, 0.2) is 0 Å². The highest BCUT2D eigenvalue weighted by Gasteiger charge is 2.11. The molecule has 0 aliphatic rings. The molecular weight excluding hydrogens is 344 g/mol. The minimum atomic E-state index is -0.432. The van der Waals surface area contributed by atoms with Crippen LogP contribution in [0.5, 0.6) is 11.5 Å². The fourth-order valence-corrected chi connectivity index (χ4v) is 2.72. The van der Waals surface area contributed by atoms with E-state index in [0.29, 0.717) is 36.7 Å². The zero-order valence-electron chi connectivity index (χ0n) is 16.1. The summed E-state index contributed by atoms with van der Waals surface area (Å²) in [6, 6.07) is 5.08. The molecule has 2 rings (SSSR count). The van der Waals surface area contributed by atoms with Crippen molar-refractivity contribution in [1.82, 2.24) is 10.2 Å². The number of rotatable bonds is 10. The summed E-state index contributed by atoms with van der Waals surface area (Å²) in [7, 11) is 1.35. The summed E-state index contributed by atoms with van der Waals surface area (Å²) in [6.07, 6.45) is 8.35. The fourth-order valence-electron chi connectivity index (χ4n) is 2.72. The number of nitrogens with one attached hydrogen (secondary N) is 1. The number of ether oxygens (including phenoxy) is 3. The maximum atomic E-state index is 11.9. The molecule has 6 nitrogen and oxygen atoms in total. The van der Waals surface area contributed by atoms with Gasteiger partial charge >= 0.3 is 5.97 Å². The van der Waals surface area contributed by atoms with Crippen LogP contribution < -0.4 is 9.47 Å². The first-order valence-electron chi connectivity index (χ1n) is 8.98. The van der Waals surface area contributed by atoms with E-state index in [1.165, 1.54) is 12.7 Å². The van der Waals surface area contributed by atoms with Gasteiger partial charge in [0.1, 0.15) is 11.5 Å². The van der Waals surface area contributed by atoms with Crippen LogP contribution >= 0.6 is 0 Å². The Morgan fingerprint density at radius 2 is 1.81 bits per heavy atom. The van der Waals surface area contributed by atoms with Crippen molar-refractivity contribution >= 4 is 5.97 Å². The highest BCUT2D eigenvalue weighted by Crippen LogP contribution is 2.24. The lowest BCUT2D eigenvalue weighted by atomic mass is 10.1. The van der Waals surface area contributed by atoms with E-state index in [-0.39, 0.29) is 0 Å². The van der Waals surface area contributed by atoms with E-state index in [4.69, 9.17) is 20.6 Å². The molecule has 0 saturated carbocycles. The summed E-state index contributed by atoms with van der Waals surface area (Å²) >= 11 is 0. The molecule has 0 spiro atoms. The predicted octanol–water partition coefficient (Wildman–Crippen LogP) is 3.62. The van der Waals surface area contributed by atoms with Crippen molar-refractivity contribution in [3.8, 4) is 23.8 Å². The number of carbonyl (C=O) groups is 1. The first-order chi connectivity index (χ1) is 13.0. The van der Waals surface area contributed by atoms with Gasteiger partial charge in [-0.15, -0.1) is 12.3 Å². The van der Waals surface area contributed by atoms with Gasteiger partial charge in [0, 0.05) is 18.2 Å². The summed E-state index contributed by atoms with van der Waals surface area (Å²) < 4.78 is 16.3. The Hall–Kier alpha value is -2.94. The van der Waals surface area contributed by atoms with Crippen LogP contribution in [0.25, 0.3) is 0 Å². The first-order valence-corrected chi connectivity index (χ1v) is 8.98. The highest BCUT2D eigenvalue weighted by molar-refractivity contribution is 5.90. The van der Waals surface area contributed by atoms with Gasteiger partial charge in [-0.2, -0.15) is 5.10 Å². The number of H-pyrrole nitrogens is 1. The molecule has 6 heteroatoms. The van der Waals surface area contributed by atoms with Gasteiger partial charge in [-0.3, -0.25) is 5.10 Å². The van der Waals surface area contributed by atoms with E-state index in [9.17, 15) is 4.79 Å². The molecule has 2 aromatic rings. The SMILES string of the molecule is C#CCCCOc1cc(OCCCc2c(C)n[nH]c2C)cc(C(=O)OC)c1. The number of benzene rings is 1. The van der Waals surface area contributed by atoms with Crippen LogP contribution in [-0.4, -0.2) is 36.5 Å². The molecule has 1 heterocycles. The largest absolute Gasteiger partial charge is 0.493 e. The van der Waals surface area contributed by atoms with E-state index >= 15 is 0 Å². The monoisotopic (exact) mass is 370 g/mol. The van der Waals surface area contributed by atoms with Crippen molar-refractivity contribution in [3.05, 3.63) is 40.7 Å². The molecule has 144 valence electrons. The lowest BCUT2D eigenvalue weighted by Crippen LogP contribution is -2.06. The van der Waals surface area contributed by atoms with Crippen LogP contribution in [0, 0.1) is 26.2 Å². The van der Waals surface area contributed by atoms with Crippen LogP contribution in [0.1, 0.15) is 46.6 Å². The number of aryl methyl sites for hydroxylation is 2. The normalized spacial score (nSPS) is 10.3. The average Bonchev–Trinajstić information content (AvgIpc) is 2.99. The van der Waals surface area contributed by atoms with Gasteiger partial charge < -0.3 is 14.2 Å². The van der Waals surface area contributed by atoms with E-state index in [2.05, 4.69) is 16.1 Å². The Bertz CT molecular complexity index is 785. The summed E-state index contributed by atoms with van der Waals surface area (Å²) in [5.74, 6) is 3.28. The lowest BCUT2D eigenvalue weighted by molar-refractivity contribution is 0.0599. The number of hydrogen-bond acceptors (Lipinski definition) is 5. The molecule has 1 aromatic heterocycles. The molecule has 0 bridgehead atoms. The van der Waals surface area contributed by atoms with E-state index in [0.717, 1.165) is 30.7 Å². The Balaban J connectivity index is 1.97. The fraction of sp³-hybridized carbons (Fsp3) is 0.429. The van der Waals surface area contributed by atoms with Crippen molar-refractivity contribution in [3.63, 3.8) is 0 Å².